The average molecular weight is 172 g/mol. The molecule has 0 amide bonds. The van der Waals surface area contributed by atoms with Crippen molar-refractivity contribution >= 4 is 16.4 Å². The van der Waals surface area contributed by atoms with Crippen molar-refractivity contribution < 1.29 is 4.43 Å². The monoisotopic (exact) mass is 172 g/mol. The van der Waals surface area contributed by atoms with E-state index in [9.17, 15) is 0 Å². The van der Waals surface area contributed by atoms with Crippen molar-refractivity contribution in [3.63, 3.8) is 0 Å². The second-order valence-electron chi connectivity index (χ2n) is 4.21. The molecule has 1 heterocycles. The van der Waals surface area contributed by atoms with Crippen LogP contribution >= 0.6 is 0 Å². The van der Waals surface area contributed by atoms with Crippen LogP contribution in [0.15, 0.2) is 11.4 Å². The molecule has 0 aliphatic carbocycles. The fourth-order valence-electron chi connectivity index (χ4n) is 0.895. The highest BCUT2D eigenvalue weighted by atomic mass is 28.4. The molecule has 1 aliphatic rings. The molecule has 1 rings (SSSR count). The maximum absolute atomic E-state index is 5.79. The molecule has 58 valence electrons. The zero-order chi connectivity index (χ0) is 7.83. The van der Waals surface area contributed by atoms with Crippen LogP contribution in [0.4, 0.5) is 0 Å². The molecular weight excluding hydrogens is 156 g/mol. The minimum absolute atomic E-state index is 1.03. The van der Waals surface area contributed by atoms with Crippen LogP contribution in [0.3, 0.4) is 0 Å². The Balaban J connectivity index is 2.70. The zero-order valence-corrected chi connectivity index (χ0v) is 9.27. The molecule has 0 atom stereocenters. The summed E-state index contributed by atoms with van der Waals surface area (Å²) in [7, 11) is -2.37. The Morgan fingerprint density at radius 1 is 1.10 bits per heavy atom. The Kier molecular flexibility index (Phi) is 1.91. The molecule has 3 heteroatoms. The van der Waals surface area contributed by atoms with Crippen LogP contribution in [0.2, 0.25) is 26.2 Å². The standard InChI is InChI=1S/C7H16OSi2/c1-9(2)5-6-10(3,4)8-7-9/h5-6H,7H2,1-4H3. The Bertz CT molecular complexity index is 143. The molecule has 0 saturated carbocycles. The number of hydrogen-bond donors (Lipinski definition) is 0. The normalized spacial score (nSPS) is 28.4. The third-order valence-corrected chi connectivity index (χ3v) is 6.19. The Morgan fingerprint density at radius 3 is 2.00 bits per heavy atom. The van der Waals surface area contributed by atoms with Gasteiger partial charge in [-0.15, -0.1) is 0 Å². The van der Waals surface area contributed by atoms with E-state index in [1.165, 1.54) is 0 Å². The summed E-state index contributed by atoms with van der Waals surface area (Å²) in [4.78, 5) is 0. The lowest BCUT2D eigenvalue weighted by atomic mass is 11.2. The van der Waals surface area contributed by atoms with Gasteiger partial charge in [0.2, 0.25) is 8.32 Å². The predicted octanol–water partition coefficient (Wildman–Crippen LogP) is 2.10. The van der Waals surface area contributed by atoms with E-state index in [2.05, 4.69) is 37.6 Å². The van der Waals surface area contributed by atoms with E-state index in [-0.39, 0.29) is 0 Å². The molecule has 0 unspecified atom stereocenters. The van der Waals surface area contributed by atoms with Gasteiger partial charge in [0.1, 0.15) is 0 Å². The summed E-state index contributed by atoms with van der Waals surface area (Å²) in [5.74, 6) is 0. The third kappa shape index (κ3) is 2.07. The minimum Gasteiger partial charge on any atom is -0.416 e. The third-order valence-electron chi connectivity index (χ3n) is 1.75. The van der Waals surface area contributed by atoms with Crippen molar-refractivity contribution in [2.75, 3.05) is 6.23 Å². The van der Waals surface area contributed by atoms with Crippen molar-refractivity contribution in [3.05, 3.63) is 11.4 Å². The molecule has 0 fully saturated rings. The van der Waals surface area contributed by atoms with E-state index in [4.69, 9.17) is 4.43 Å². The molecule has 0 saturated heterocycles. The molecule has 0 aromatic rings. The van der Waals surface area contributed by atoms with E-state index < -0.39 is 16.4 Å². The van der Waals surface area contributed by atoms with Crippen molar-refractivity contribution in [1.82, 2.24) is 0 Å². The van der Waals surface area contributed by atoms with Gasteiger partial charge in [-0.1, -0.05) is 24.5 Å². The van der Waals surface area contributed by atoms with E-state index >= 15 is 0 Å². The summed E-state index contributed by atoms with van der Waals surface area (Å²) in [5, 5.41) is 0. The van der Waals surface area contributed by atoms with Gasteiger partial charge in [-0.2, -0.15) is 0 Å². The Labute approximate surface area is 65.2 Å². The van der Waals surface area contributed by atoms with Crippen LogP contribution in [0.1, 0.15) is 0 Å². The summed E-state index contributed by atoms with van der Waals surface area (Å²) < 4.78 is 5.79. The molecule has 0 spiro atoms. The van der Waals surface area contributed by atoms with Gasteiger partial charge in [-0.25, -0.2) is 0 Å². The van der Waals surface area contributed by atoms with Crippen molar-refractivity contribution in [1.29, 1.82) is 0 Å². The van der Waals surface area contributed by atoms with Gasteiger partial charge < -0.3 is 4.43 Å². The Morgan fingerprint density at radius 2 is 1.70 bits per heavy atom. The van der Waals surface area contributed by atoms with E-state index in [0.29, 0.717) is 0 Å². The first kappa shape index (κ1) is 8.23. The van der Waals surface area contributed by atoms with E-state index in [1.807, 2.05) is 0 Å². The van der Waals surface area contributed by atoms with Crippen molar-refractivity contribution in [2.45, 2.75) is 26.2 Å². The molecule has 0 aromatic heterocycles. The van der Waals surface area contributed by atoms with Gasteiger partial charge in [0.25, 0.3) is 0 Å². The highest BCUT2D eigenvalue weighted by Crippen LogP contribution is 2.18. The predicted molar refractivity (Wildman–Crippen MR) is 50.1 cm³/mol. The van der Waals surface area contributed by atoms with Crippen LogP contribution < -0.4 is 0 Å². The maximum atomic E-state index is 5.79. The van der Waals surface area contributed by atoms with Gasteiger partial charge in [-0.05, 0) is 13.1 Å². The van der Waals surface area contributed by atoms with Crippen LogP contribution in [0, 0.1) is 0 Å². The smallest absolute Gasteiger partial charge is 0.209 e. The van der Waals surface area contributed by atoms with Gasteiger partial charge >= 0.3 is 0 Å². The van der Waals surface area contributed by atoms with Gasteiger partial charge in [0, 0.05) is 6.23 Å². The number of hydrogen-bond acceptors (Lipinski definition) is 1. The molecule has 0 aromatic carbocycles. The van der Waals surface area contributed by atoms with Crippen molar-refractivity contribution in [2.24, 2.45) is 0 Å². The maximum Gasteiger partial charge on any atom is 0.209 e. The lowest BCUT2D eigenvalue weighted by Gasteiger charge is -2.31. The highest BCUT2D eigenvalue weighted by molar-refractivity contribution is 6.88. The first-order valence-corrected chi connectivity index (χ1v) is 10.0. The highest BCUT2D eigenvalue weighted by Gasteiger charge is 2.29. The number of rotatable bonds is 0. The lowest BCUT2D eigenvalue weighted by molar-refractivity contribution is 0.375. The first-order chi connectivity index (χ1) is 4.41. The van der Waals surface area contributed by atoms with Crippen LogP contribution in [0.25, 0.3) is 0 Å². The molecule has 0 N–H and O–H groups in total. The average Bonchev–Trinajstić information content (AvgIpc) is 1.79. The zero-order valence-electron chi connectivity index (χ0n) is 7.27. The second-order valence-corrected chi connectivity index (χ2v) is 12.6. The summed E-state index contributed by atoms with van der Waals surface area (Å²) in [6, 6.07) is 0. The van der Waals surface area contributed by atoms with Gasteiger partial charge in [0.15, 0.2) is 0 Å². The fraction of sp³-hybridized carbons (Fsp3) is 0.714. The van der Waals surface area contributed by atoms with Crippen LogP contribution in [0.5, 0.6) is 0 Å². The molecular formula is C7H16OSi2. The van der Waals surface area contributed by atoms with Crippen molar-refractivity contribution in [3.8, 4) is 0 Å². The Hall–Kier alpha value is 0.134. The molecule has 0 radical (unpaired) electrons. The molecule has 1 aliphatic heterocycles. The SMILES string of the molecule is C[Si]1(C)C=C[Si](C)(C)OC1. The van der Waals surface area contributed by atoms with Gasteiger partial charge in [-0.3, -0.25) is 0 Å². The lowest BCUT2D eigenvalue weighted by Crippen LogP contribution is -2.43. The van der Waals surface area contributed by atoms with E-state index in [1.54, 1.807) is 0 Å². The summed E-state index contributed by atoms with van der Waals surface area (Å²) in [6.45, 7) is 9.17. The molecule has 0 bridgehead atoms. The van der Waals surface area contributed by atoms with Crippen LogP contribution in [-0.4, -0.2) is 22.6 Å². The first-order valence-electron chi connectivity index (χ1n) is 3.76. The largest absolute Gasteiger partial charge is 0.416 e. The second kappa shape index (κ2) is 2.32. The molecule has 1 nitrogen and oxygen atoms in total. The quantitative estimate of drug-likeness (QED) is 0.509. The summed E-state index contributed by atoms with van der Waals surface area (Å²) in [6.07, 6.45) is 1.03. The van der Waals surface area contributed by atoms with E-state index in [0.717, 1.165) is 6.23 Å². The topological polar surface area (TPSA) is 9.23 Å². The molecule has 10 heavy (non-hydrogen) atoms. The summed E-state index contributed by atoms with van der Waals surface area (Å²) >= 11 is 0. The minimum atomic E-state index is -1.33. The van der Waals surface area contributed by atoms with Gasteiger partial charge in [0.05, 0.1) is 8.07 Å². The summed E-state index contributed by atoms with van der Waals surface area (Å²) in [5.41, 5.74) is 4.77. The van der Waals surface area contributed by atoms with Crippen LogP contribution in [-0.2, 0) is 4.43 Å². The fourth-order valence-corrected chi connectivity index (χ4v) is 7.47.